The molecule has 2 saturated heterocycles. The van der Waals surface area contributed by atoms with Gasteiger partial charge in [0.25, 0.3) is 11.1 Å². The standard InChI is InChI=1S/C29H28ClN3O4S/c1-2-19-7-6-8-23-21(16-32(27(19)23)18-26(35)31-13-4-3-5-14-31)15-25-28(36)33(29(37)38-25)17-24(34)20-9-11-22(30)12-10-20/h6-12,15-16H,2-5,13-14,17-18H2,1H3/b25-15-. The van der Waals surface area contributed by atoms with E-state index in [0.29, 0.717) is 10.6 Å². The number of rotatable bonds is 7. The first-order valence-electron chi connectivity index (χ1n) is 12.8. The Morgan fingerprint density at radius 3 is 2.45 bits per heavy atom. The lowest BCUT2D eigenvalue weighted by Crippen LogP contribution is -2.37. The Balaban J connectivity index is 1.42. The number of benzene rings is 2. The lowest BCUT2D eigenvalue weighted by molar-refractivity contribution is -0.132. The SMILES string of the molecule is CCc1cccc2c(/C=C3\SC(=O)N(CC(=O)c4ccc(Cl)cc4)C3=O)cn(CC(=O)N3CCCCC3)c12. The molecule has 0 bridgehead atoms. The second-order valence-corrected chi connectivity index (χ2v) is 10.9. The zero-order valence-corrected chi connectivity index (χ0v) is 22.7. The zero-order valence-electron chi connectivity index (χ0n) is 21.1. The largest absolute Gasteiger partial charge is 0.341 e. The van der Waals surface area contributed by atoms with Crippen LogP contribution in [0.5, 0.6) is 0 Å². The van der Waals surface area contributed by atoms with E-state index < -0.39 is 11.1 Å². The molecule has 2 aliphatic heterocycles. The first-order chi connectivity index (χ1) is 18.4. The molecule has 0 saturated carbocycles. The number of fused-ring (bicyclic) bond motifs is 1. The third-order valence-corrected chi connectivity index (χ3v) is 8.20. The zero-order chi connectivity index (χ0) is 26.8. The minimum atomic E-state index is -0.501. The van der Waals surface area contributed by atoms with Gasteiger partial charge in [0.1, 0.15) is 6.54 Å². The van der Waals surface area contributed by atoms with Crippen LogP contribution in [0.3, 0.4) is 0 Å². The lowest BCUT2D eigenvalue weighted by Gasteiger charge is -2.27. The van der Waals surface area contributed by atoms with Crippen molar-refractivity contribution in [3.8, 4) is 0 Å². The number of hydrogen-bond acceptors (Lipinski definition) is 5. The number of nitrogens with zero attached hydrogens (tertiary/aromatic N) is 3. The van der Waals surface area contributed by atoms with E-state index in [9.17, 15) is 19.2 Å². The molecular weight excluding hydrogens is 522 g/mol. The van der Waals surface area contributed by atoms with Gasteiger partial charge in [-0.05, 0) is 73.4 Å². The Labute approximate surface area is 230 Å². The third kappa shape index (κ3) is 5.28. The third-order valence-electron chi connectivity index (χ3n) is 7.04. The molecule has 0 radical (unpaired) electrons. The summed E-state index contributed by atoms with van der Waals surface area (Å²) in [6, 6.07) is 12.3. The maximum absolute atomic E-state index is 13.2. The van der Waals surface area contributed by atoms with Gasteiger partial charge in [-0.15, -0.1) is 0 Å². The van der Waals surface area contributed by atoms with Gasteiger partial charge in [0.05, 0.1) is 17.0 Å². The van der Waals surface area contributed by atoms with E-state index >= 15 is 0 Å². The van der Waals surface area contributed by atoms with Crippen LogP contribution in [0.25, 0.3) is 17.0 Å². The van der Waals surface area contributed by atoms with Crippen LogP contribution < -0.4 is 0 Å². The smallest absolute Gasteiger partial charge is 0.293 e. The Morgan fingerprint density at radius 2 is 1.74 bits per heavy atom. The van der Waals surface area contributed by atoms with Crippen LogP contribution in [-0.2, 0) is 22.6 Å². The summed E-state index contributed by atoms with van der Waals surface area (Å²) in [7, 11) is 0. The molecule has 2 fully saturated rings. The van der Waals surface area contributed by atoms with E-state index in [4.69, 9.17) is 11.6 Å². The molecule has 3 aromatic rings. The summed E-state index contributed by atoms with van der Waals surface area (Å²) in [4.78, 5) is 54.8. The number of thioether (sulfide) groups is 1. The normalized spacial score (nSPS) is 17.2. The van der Waals surface area contributed by atoms with Gasteiger partial charge in [-0.2, -0.15) is 0 Å². The van der Waals surface area contributed by atoms with E-state index in [0.717, 1.165) is 77.5 Å². The monoisotopic (exact) mass is 549 g/mol. The molecule has 0 N–H and O–H groups in total. The van der Waals surface area contributed by atoms with Crippen molar-refractivity contribution >= 4 is 63.2 Å². The van der Waals surface area contributed by atoms with Gasteiger partial charge in [-0.3, -0.25) is 24.1 Å². The minimum Gasteiger partial charge on any atom is -0.341 e. The minimum absolute atomic E-state index is 0.0834. The number of amides is 3. The second-order valence-electron chi connectivity index (χ2n) is 9.52. The first-order valence-corrected chi connectivity index (χ1v) is 14.0. The van der Waals surface area contributed by atoms with Gasteiger partial charge in [-0.25, -0.2) is 0 Å². The number of carbonyl (C=O) groups is 4. The Bertz CT molecular complexity index is 1450. The molecule has 38 heavy (non-hydrogen) atoms. The highest BCUT2D eigenvalue weighted by atomic mass is 35.5. The molecule has 0 unspecified atom stereocenters. The van der Waals surface area contributed by atoms with Gasteiger partial charge in [-0.1, -0.05) is 36.7 Å². The molecule has 9 heteroatoms. The number of aromatic nitrogens is 1. The number of aryl methyl sites for hydroxylation is 1. The number of carbonyl (C=O) groups excluding carboxylic acids is 4. The summed E-state index contributed by atoms with van der Waals surface area (Å²) in [5, 5.41) is 0.931. The Morgan fingerprint density at radius 1 is 1.00 bits per heavy atom. The molecule has 196 valence electrons. The van der Waals surface area contributed by atoms with E-state index in [1.54, 1.807) is 30.3 Å². The first kappa shape index (κ1) is 26.3. The number of likely N-dealkylation sites (tertiary alicyclic amines) is 1. The molecule has 2 aliphatic rings. The van der Waals surface area contributed by atoms with Crippen LogP contribution >= 0.6 is 23.4 Å². The van der Waals surface area contributed by atoms with Crippen molar-refractivity contribution in [2.75, 3.05) is 19.6 Å². The molecule has 0 atom stereocenters. The van der Waals surface area contributed by atoms with E-state index in [2.05, 4.69) is 6.92 Å². The van der Waals surface area contributed by atoms with Crippen LogP contribution in [0.15, 0.2) is 53.6 Å². The molecule has 0 aliphatic carbocycles. The summed E-state index contributed by atoms with van der Waals surface area (Å²) in [6.07, 6.45) is 7.59. The van der Waals surface area contributed by atoms with Crippen molar-refractivity contribution in [1.82, 2.24) is 14.4 Å². The molecule has 5 rings (SSSR count). The van der Waals surface area contributed by atoms with Crippen molar-refractivity contribution in [3.05, 3.63) is 75.3 Å². The molecular formula is C29H28ClN3O4S. The Hall–Kier alpha value is -3.36. The maximum Gasteiger partial charge on any atom is 0.293 e. The van der Waals surface area contributed by atoms with Gasteiger partial charge in [0.15, 0.2) is 5.78 Å². The van der Waals surface area contributed by atoms with Crippen molar-refractivity contribution in [2.45, 2.75) is 39.2 Å². The number of hydrogen-bond donors (Lipinski definition) is 0. The topological polar surface area (TPSA) is 79.7 Å². The predicted molar refractivity (Wildman–Crippen MR) is 150 cm³/mol. The number of ketones is 1. The van der Waals surface area contributed by atoms with Crippen molar-refractivity contribution < 1.29 is 19.2 Å². The quantitative estimate of drug-likeness (QED) is 0.275. The molecule has 7 nitrogen and oxygen atoms in total. The number of imide groups is 1. The number of para-hydroxylation sites is 1. The number of halogens is 1. The van der Waals surface area contributed by atoms with Crippen LogP contribution in [0.4, 0.5) is 4.79 Å². The molecule has 3 amide bonds. The summed E-state index contributed by atoms with van der Waals surface area (Å²) in [5.74, 6) is -0.759. The summed E-state index contributed by atoms with van der Waals surface area (Å²) in [6.45, 7) is 3.52. The highest BCUT2D eigenvalue weighted by Gasteiger charge is 2.36. The Kier molecular flexibility index (Phi) is 7.72. The fourth-order valence-corrected chi connectivity index (χ4v) is 5.98. The van der Waals surface area contributed by atoms with Crippen molar-refractivity contribution in [2.24, 2.45) is 0 Å². The molecule has 0 spiro atoms. The summed E-state index contributed by atoms with van der Waals surface area (Å²) >= 11 is 6.72. The average molecular weight is 550 g/mol. The van der Waals surface area contributed by atoms with Crippen LogP contribution in [0, 0.1) is 0 Å². The van der Waals surface area contributed by atoms with Gasteiger partial charge < -0.3 is 9.47 Å². The fourth-order valence-electron chi connectivity index (χ4n) is 5.03. The highest BCUT2D eigenvalue weighted by Crippen LogP contribution is 2.35. The maximum atomic E-state index is 13.2. The van der Waals surface area contributed by atoms with Gasteiger partial charge in [0, 0.05) is 40.8 Å². The van der Waals surface area contributed by atoms with E-state index in [-0.39, 0.29) is 29.7 Å². The van der Waals surface area contributed by atoms with Crippen LogP contribution in [0.1, 0.15) is 47.7 Å². The fraction of sp³-hybridized carbons (Fsp3) is 0.310. The number of piperidine rings is 1. The lowest BCUT2D eigenvalue weighted by atomic mass is 10.1. The van der Waals surface area contributed by atoms with Gasteiger partial charge in [0.2, 0.25) is 5.91 Å². The summed E-state index contributed by atoms with van der Waals surface area (Å²) < 4.78 is 1.96. The molecule has 1 aromatic heterocycles. The predicted octanol–water partition coefficient (Wildman–Crippen LogP) is 5.79. The highest BCUT2D eigenvalue weighted by molar-refractivity contribution is 8.18. The van der Waals surface area contributed by atoms with Crippen molar-refractivity contribution in [3.63, 3.8) is 0 Å². The van der Waals surface area contributed by atoms with Crippen molar-refractivity contribution in [1.29, 1.82) is 0 Å². The summed E-state index contributed by atoms with van der Waals surface area (Å²) in [5.41, 5.74) is 3.21. The average Bonchev–Trinajstić information content (AvgIpc) is 3.41. The van der Waals surface area contributed by atoms with Crippen LogP contribution in [-0.4, -0.2) is 56.8 Å². The van der Waals surface area contributed by atoms with E-state index in [1.165, 1.54) is 0 Å². The van der Waals surface area contributed by atoms with Gasteiger partial charge >= 0.3 is 0 Å². The van der Waals surface area contributed by atoms with E-state index in [1.807, 2.05) is 33.9 Å². The molecule has 3 heterocycles. The molecule has 2 aromatic carbocycles. The van der Waals surface area contributed by atoms with Crippen LogP contribution in [0.2, 0.25) is 5.02 Å². The second kappa shape index (κ2) is 11.2. The number of Topliss-reactive ketones (excluding diaryl/α,β-unsaturated/α-hetero) is 1.